The molecule has 0 N–H and O–H groups in total. The molecule has 0 aromatic rings. The van der Waals surface area contributed by atoms with E-state index in [1.54, 1.807) is 0 Å². The van der Waals surface area contributed by atoms with Gasteiger partial charge < -0.3 is 9.64 Å². The molecule has 0 aliphatic carbocycles. The molecule has 0 radical (unpaired) electrons. The summed E-state index contributed by atoms with van der Waals surface area (Å²) in [5.41, 5.74) is 0. The maximum Gasteiger partial charge on any atom is 0.236 e. The van der Waals surface area contributed by atoms with Gasteiger partial charge in [-0.15, -0.1) is 0 Å². The lowest BCUT2D eigenvalue weighted by atomic mass is 10.4. The van der Waals surface area contributed by atoms with Crippen LogP contribution in [0.2, 0.25) is 0 Å². The quantitative estimate of drug-likeness (QED) is 0.563. The first-order valence-electron chi connectivity index (χ1n) is 5.69. The van der Waals surface area contributed by atoms with Crippen LogP contribution in [0.3, 0.4) is 0 Å². The Hall–Kier alpha value is -0.610. The molecule has 0 aliphatic rings. The smallest absolute Gasteiger partial charge is 0.236 e. The van der Waals surface area contributed by atoms with Crippen molar-refractivity contribution < 1.29 is 9.53 Å². The molecule has 15 heavy (non-hydrogen) atoms. The summed E-state index contributed by atoms with van der Waals surface area (Å²) in [5.74, 6) is 0.194. The highest BCUT2D eigenvalue weighted by atomic mass is 16.5. The summed E-state index contributed by atoms with van der Waals surface area (Å²) < 4.78 is 5.23. The van der Waals surface area contributed by atoms with Crippen molar-refractivity contribution in [2.45, 2.75) is 20.8 Å². The van der Waals surface area contributed by atoms with Gasteiger partial charge in [0.2, 0.25) is 5.91 Å². The first kappa shape index (κ1) is 14.4. The van der Waals surface area contributed by atoms with Crippen LogP contribution in [0.4, 0.5) is 0 Å². The molecule has 0 aromatic heterocycles. The fraction of sp³-hybridized carbons (Fsp3) is 0.909. The van der Waals surface area contributed by atoms with E-state index in [2.05, 4.69) is 0 Å². The highest BCUT2D eigenvalue weighted by molar-refractivity contribution is 5.78. The highest BCUT2D eigenvalue weighted by Crippen LogP contribution is 1.92. The molecule has 0 atom stereocenters. The van der Waals surface area contributed by atoms with Gasteiger partial charge in [-0.05, 0) is 27.8 Å². The van der Waals surface area contributed by atoms with Gasteiger partial charge in [-0.3, -0.25) is 9.69 Å². The monoisotopic (exact) mass is 216 g/mol. The van der Waals surface area contributed by atoms with Gasteiger partial charge in [0, 0.05) is 26.2 Å². The van der Waals surface area contributed by atoms with Crippen LogP contribution in [0.15, 0.2) is 0 Å². The molecule has 0 bridgehead atoms. The Labute approximate surface area is 93.2 Å². The van der Waals surface area contributed by atoms with E-state index in [4.69, 9.17) is 4.74 Å². The summed E-state index contributed by atoms with van der Waals surface area (Å²) in [5, 5.41) is 0. The number of carbonyl (C=O) groups excluding carboxylic acids is 1. The first-order valence-corrected chi connectivity index (χ1v) is 5.69. The minimum absolute atomic E-state index is 0.194. The second-order valence-corrected chi connectivity index (χ2v) is 3.50. The molecule has 0 aromatic carbocycles. The Morgan fingerprint density at radius 3 is 2.27 bits per heavy atom. The minimum Gasteiger partial charge on any atom is -0.380 e. The Morgan fingerprint density at radius 1 is 1.20 bits per heavy atom. The summed E-state index contributed by atoms with van der Waals surface area (Å²) in [6.45, 7) is 10.3. The van der Waals surface area contributed by atoms with Gasteiger partial charge in [0.25, 0.3) is 0 Å². The van der Waals surface area contributed by atoms with Gasteiger partial charge in [0.15, 0.2) is 0 Å². The number of likely N-dealkylation sites (N-methyl/N-ethyl adjacent to an activating group) is 2. The van der Waals surface area contributed by atoms with Crippen LogP contribution in [-0.4, -0.2) is 62.1 Å². The fourth-order valence-corrected chi connectivity index (χ4v) is 1.35. The lowest BCUT2D eigenvalue weighted by Gasteiger charge is -2.22. The third-order valence-corrected chi connectivity index (χ3v) is 2.34. The van der Waals surface area contributed by atoms with Crippen LogP contribution in [0.5, 0.6) is 0 Å². The van der Waals surface area contributed by atoms with E-state index in [0.29, 0.717) is 13.2 Å². The van der Waals surface area contributed by atoms with Crippen molar-refractivity contribution in [1.82, 2.24) is 9.80 Å². The predicted octanol–water partition coefficient (Wildman–Crippen LogP) is 0.823. The Bertz CT molecular complexity index is 170. The van der Waals surface area contributed by atoms with Gasteiger partial charge in [0.05, 0.1) is 13.2 Å². The van der Waals surface area contributed by atoms with Crippen molar-refractivity contribution in [2.24, 2.45) is 0 Å². The van der Waals surface area contributed by atoms with E-state index in [0.717, 1.165) is 26.2 Å². The molecular formula is C11H24N2O2. The molecule has 0 saturated heterocycles. The van der Waals surface area contributed by atoms with E-state index in [1.807, 2.05) is 37.6 Å². The zero-order chi connectivity index (χ0) is 11.7. The maximum atomic E-state index is 11.7. The van der Waals surface area contributed by atoms with Gasteiger partial charge in [-0.2, -0.15) is 0 Å². The van der Waals surface area contributed by atoms with Crippen molar-refractivity contribution in [1.29, 1.82) is 0 Å². The van der Waals surface area contributed by atoms with Gasteiger partial charge in [0.1, 0.15) is 0 Å². The third kappa shape index (κ3) is 6.47. The molecule has 4 nitrogen and oxygen atoms in total. The molecule has 0 fully saturated rings. The average molecular weight is 216 g/mol. The normalized spacial score (nSPS) is 10.7. The first-order chi connectivity index (χ1) is 7.15. The standard InChI is InChI=1S/C11H24N2O2/c1-5-13(6-2)11(14)10-12(4)8-9-15-7-3/h5-10H2,1-4H3. The molecule has 0 unspecified atom stereocenters. The minimum atomic E-state index is 0.194. The van der Waals surface area contributed by atoms with Crippen molar-refractivity contribution >= 4 is 5.91 Å². The van der Waals surface area contributed by atoms with E-state index >= 15 is 0 Å². The van der Waals surface area contributed by atoms with E-state index in [9.17, 15) is 4.79 Å². The topological polar surface area (TPSA) is 32.8 Å². The number of hydrogen-bond donors (Lipinski definition) is 0. The molecule has 0 spiro atoms. The van der Waals surface area contributed by atoms with Crippen molar-refractivity contribution in [3.8, 4) is 0 Å². The van der Waals surface area contributed by atoms with Crippen LogP contribution in [0.1, 0.15) is 20.8 Å². The molecule has 0 rings (SSSR count). The second kappa shape index (κ2) is 8.68. The van der Waals surface area contributed by atoms with Crippen LogP contribution in [0.25, 0.3) is 0 Å². The number of amides is 1. The molecule has 1 amide bonds. The maximum absolute atomic E-state index is 11.7. The summed E-state index contributed by atoms with van der Waals surface area (Å²) in [6, 6.07) is 0. The third-order valence-electron chi connectivity index (χ3n) is 2.34. The van der Waals surface area contributed by atoms with Crippen LogP contribution < -0.4 is 0 Å². The number of hydrogen-bond acceptors (Lipinski definition) is 3. The molecule has 0 saturated carbocycles. The molecule has 4 heteroatoms. The number of carbonyl (C=O) groups is 1. The summed E-state index contributed by atoms with van der Waals surface area (Å²) >= 11 is 0. The number of ether oxygens (including phenoxy) is 1. The Balaban J connectivity index is 3.74. The SMILES string of the molecule is CCOCCN(C)CC(=O)N(CC)CC. The number of rotatable bonds is 8. The fourth-order valence-electron chi connectivity index (χ4n) is 1.35. The van der Waals surface area contributed by atoms with Crippen LogP contribution in [-0.2, 0) is 9.53 Å². The van der Waals surface area contributed by atoms with Crippen molar-refractivity contribution in [3.63, 3.8) is 0 Å². The summed E-state index contributed by atoms with van der Waals surface area (Å²) in [7, 11) is 1.94. The van der Waals surface area contributed by atoms with Crippen LogP contribution >= 0.6 is 0 Å². The summed E-state index contributed by atoms with van der Waals surface area (Å²) in [4.78, 5) is 15.5. The van der Waals surface area contributed by atoms with E-state index in [1.165, 1.54) is 0 Å². The second-order valence-electron chi connectivity index (χ2n) is 3.50. The molecular weight excluding hydrogens is 192 g/mol. The van der Waals surface area contributed by atoms with Crippen LogP contribution in [0, 0.1) is 0 Å². The van der Waals surface area contributed by atoms with Gasteiger partial charge >= 0.3 is 0 Å². The molecule has 90 valence electrons. The van der Waals surface area contributed by atoms with E-state index in [-0.39, 0.29) is 5.91 Å². The lowest BCUT2D eigenvalue weighted by molar-refractivity contribution is -0.131. The average Bonchev–Trinajstić information content (AvgIpc) is 2.20. The molecule has 0 aliphatic heterocycles. The summed E-state index contributed by atoms with van der Waals surface area (Å²) in [6.07, 6.45) is 0. The zero-order valence-electron chi connectivity index (χ0n) is 10.5. The van der Waals surface area contributed by atoms with Gasteiger partial charge in [-0.25, -0.2) is 0 Å². The zero-order valence-corrected chi connectivity index (χ0v) is 10.5. The largest absolute Gasteiger partial charge is 0.380 e. The highest BCUT2D eigenvalue weighted by Gasteiger charge is 2.11. The predicted molar refractivity (Wildman–Crippen MR) is 61.9 cm³/mol. The molecule has 0 heterocycles. The van der Waals surface area contributed by atoms with Gasteiger partial charge in [-0.1, -0.05) is 0 Å². The Morgan fingerprint density at radius 2 is 1.80 bits per heavy atom. The Kier molecular flexibility index (Phi) is 8.33. The lowest BCUT2D eigenvalue weighted by Crippen LogP contribution is -2.39. The van der Waals surface area contributed by atoms with E-state index < -0.39 is 0 Å². The van der Waals surface area contributed by atoms with Crippen molar-refractivity contribution in [2.75, 3.05) is 46.4 Å². The van der Waals surface area contributed by atoms with Crippen molar-refractivity contribution in [3.05, 3.63) is 0 Å². The number of nitrogens with zero attached hydrogens (tertiary/aromatic N) is 2.